The van der Waals surface area contributed by atoms with Crippen LogP contribution in [0.15, 0.2) is 73.2 Å². The Labute approximate surface area is 196 Å². The number of benzene rings is 2. The second-order valence-electron chi connectivity index (χ2n) is 7.79. The SMILES string of the molecule is CN1CCc2ccc(Nc3ncc(Cl)c(N(c4ccccc4)n4cccn4)n3)cc2CC1=O. The number of nitrogens with zero attached hydrogens (tertiary/aromatic N) is 6. The average molecular weight is 460 g/mol. The normalized spacial score (nSPS) is 13.4. The summed E-state index contributed by atoms with van der Waals surface area (Å²) in [6.07, 6.45) is 6.30. The van der Waals surface area contributed by atoms with Crippen LogP contribution in [0.2, 0.25) is 5.02 Å². The fourth-order valence-corrected chi connectivity index (χ4v) is 3.98. The third-order valence-corrected chi connectivity index (χ3v) is 5.84. The van der Waals surface area contributed by atoms with Crippen molar-refractivity contribution in [2.75, 3.05) is 23.9 Å². The van der Waals surface area contributed by atoms with E-state index in [0.717, 1.165) is 29.9 Å². The number of aromatic nitrogens is 4. The number of rotatable bonds is 5. The third-order valence-electron chi connectivity index (χ3n) is 5.57. The van der Waals surface area contributed by atoms with Crippen LogP contribution in [-0.4, -0.2) is 44.3 Å². The molecule has 0 radical (unpaired) electrons. The lowest BCUT2D eigenvalue weighted by Crippen LogP contribution is -2.27. The molecule has 2 aromatic heterocycles. The van der Waals surface area contributed by atoms with Crippen LogP contribution in [0, 0.1) is 0 Å². The summed E-state index contributed by atoms with van der Waals surface area (Å²) in [7, 11) is 1.84. The van der Waals surface area contributed by atoms with Gasteiger partial charge in [-0.3, -0.25) is 4.79 Å². The van der Waals surface area contributed by atoms with Gasteiger partial charge in [0.1, 0.15) is 5.02 Å². The molecule has 0 spiro atoms. The molecule has 0 saturated heterocycles. The van der Waals surface area contributed by atoms with E-state index in [9.17, 15) is 4.79 Å². The molecule has 1 N–H and O–H groups in total. The van der Waals surface area contributed by atoms with Crippen LogP contribution in [-0.2, 0) is 17.6 Å². The van der Waals surface area contributed by atoms with Crippen molar-refractivity contribution in [1.82, 2.24) is 24.8 Å². The predicted molar refractivity (Wildman–Crippen MR) is 128 cm³/mol. The Morgan fingerprint density at radius 3 is 2.73 bits per heavy atom. The van der Waals surface area contributed by atoms with Crippen molar-refractivity contribution in [3.05, 3.63) is 89.3 Å². The van der Waals surface area contributed by atoms with Gasteiger partial charge in [-0.15, -0.1) is 0 Å². The second-order valence-corrected chi connectivity index (χ2v) is 8.20. The van der Waals surface area contributed by atoms with Crippen LogP contribution >= 0.6 is 11.6 Å². The molecule has 0 fully saturated rings. The number of hydrogen-bond donors (Lipinski definition) is 1. The van der Waals surface area contributed by atoms with E-state index in [1.54, 1.807) is 27.1 Å². The summed E-state index contributed by atoms with van der Waals surface area (Å²) < 4.78 is 0. The monoisotopic (exact) mass is 459 g/mol. The zero-order valence-corrected chi connectivity index (χ0v) is 18.8. The van der Waals surface area contributed by atoms with Gasteiger partial charge < -0.3 is 10.2 Å². The first-order valence-electron chi connectivity index (χ1n) is 10.6. The smallest absolute Gasteiger partial charge is 0.229 e. The number of fused-ring (bicyclic) bond motifs is 1. The van der Waals surface area contributed by atoms with E-state index in [-0.39, 0.29) is 5.91 Å². The van der Waals surface area contributed by atoms with Gasteiger partial charge in [0, 0.05) is 25.5 Å². The lowest BCUT2D eigenvalue weighted by atomic mass is 10.0. The first kappa shape index (κ1) is 21.0. The Morgan fingerprint density at radius 2 is 1.94 bits per heavy atom. The van der Waals surface area contributed by atoms with Gasteiger partial charge in [-0.05, 0) is 47.9 Å². The number of likely N-dealkylation sites (N-methyl/N-ethyl adjacent to an activating group) is 1. The molecular weight excluding hydrogens is 438 g/mol. The van der Waals surface area contributed by atoms with Crippen LogP contribution in [0.25, 0.3) is 0 Å². The quantitative estimate of drug-likeness (QED) is 0.481. The summed E-state index contributed by atoms with van der Waals surface area (Å²) in [6, 6.07) is 17.6. The van der Waals surface area contributed by atoms with Crippen LogP contribution in [0.5, 0.6) is 0 Å². The molecule has 1 amide bonds. The second kappa shape index (κ2) is 8.91. The fraction of sp³-hybridized carbons (Fsp3) is 0.167. The van der Waals surface area contributed by atoms with Crippen molar-refractivity contribution in [2.45, 2.75) is 12.8 Å². The number of carbonyl (C=O) groups is 1. The topological polar surface area (TPSA) is 79.2 Å². The Kier molecular flexibility index (Phi) is 5.66. The van der Waals surface area contributed by atoms with Gasteiger partial charge in [0.25, 0.3) is 0 Å². The highest BCUT2D eigenvalue weighted by molar-refractivity contribution is 6.33. The van der Waals surface area contributed by atoms with Crippen molar-refractivity contribution in [1.29, 1.82) is 0 Å². The van der Waals surface area contributed by atoms with E-state index in [4.69, 9.17) is 16.6 Å². The van der Waals surface area contributed by atoms with E-state index < -0.39 is 0 Å². The molecule has 1 aliphatic heterocycles. The minimum atomic E-state index is 0.119. The first-order chi connectivity index (χ1) is 16.1. The van der Waals surface area contributed by atoms with Gasteiger partial charge in [0.15, 0.2) is 5.82 Å². The lowest BCUT2D eigenvalue weighted by Gasteiger charge is -2.24. The molecule has 3 heterocycles. The molecule has 2 aromatic carbocycles. The zero-order valence-electron chi connectivity index (χ0n) is 18.0. The lowest BCUT2D eigenvalue weighted by molar-refractivity contribution is -0.128. The van der Waals surface area contributed by atoms with Crippen molar-refractivity contribution in [3.8, 4) is 0 Å². The third kappa shape index (κ3) is 4.38. The minimum absolute atomic E-state index is 0.119. The number of halogens is 1. The molecule has 166 valence electrons. The molecule has 0 aliphatic carbocycles. The standard InChI is InChI=1S/C24H22ClN7O/c1-30-13-10-17-8-9-19(14-18(17)15-22(30)33)28-24-26-16-21(25)23(29-24)32(31-12-5-11-27-31)20-6-3-2-4-7-20/h2-9,11-12,14,16H,10,13,15H2,1H3,(H,26,28,29). The molecule has 0 unspecified atom stereocenters. The van der Waals surface area contributed by atoms with Gasteiger partial charge in [-0.1, -0.05) is 35.9 Å². The van der Waals surface area contributed by atoms with Crippen molar-refractivity contribution >= 4 is 40.6 Å². The highest BCUT2D eigenvalue weighted by atomic mass is 35.5. The average Bonchev–Trinajstić information content (AvgIpc) is 3.31. The molecule has 9 heteroatoms. The van der Waals surface area contributed by atoms with Gasteiger partial charge >= 0.3 is 0 Å². The molecule has 4 aromatic rings. The predicted octanol–water partition coefficient (Wildman–Crippen LogP) is 4.23. The highest BCUT2D eigenvalue weighted by Gasteiger charge is 2.20. The maximum atomic E-state index is 12.3. The highest BCUT2D eigenvalue weighted by Crippen LogP contribution is 2.31. The molecule has 1 aliphatic rings. The zero-order chi connectivity index (χ0) is 22.8. The molecule has 5 rings (SSSR count). The van der Waals surface area contributed by atoms with E-state index >= 15 is 0 Å². The number of carbonyl (C=O) groups excluding carboxylic acids is 1. The summed E-state index contributed by atoms with van der Waals surface area (Å²) in [5.74, 6) is 0.990. The minimum Gasteiger partial charge on any atom is -0.345 e. The van der Waals surface area contributed by atoms with Crippen molar-refractivity contribution < 1.29 is 4.79 Å². The van der Waals surface area contributed by atoms with Gasteiger partial charge in [-0.25, -0.2) is 9.99 Å². The Balaban J connectivity index is 1.48. The van der Waals surface area contributed by atoms with Gasteiger partial charge in [-0.2, -0.15) is 14.9 Å². The largest absolute Gasteiger partial charge is 0.345 e. The summed E-state index contributed by atoms with van der Waals surface area (Å²) in [6.45, 7) is 0.727. The van der Waals surface area contributed by atoms with Crippen LogP contribution in [0.4, 0.5) is 23.1 Å². The fourth-order valence-electron chi connectivity index (χ4n) is 3.80. The maximum Gasteiger partial charge on any atom is 0.229 e. The van der Waals surface area contributed by atoms with E-state index in [2.05, 4.69) is 21.5 Å². The Bertz CT molecular complexity index is 1280. The van der Waals surface area contributed by atoms with E-state index in [0.29, 0.717) is 23.2 Å². The van der Waals surface area contributed by atoms with E-state index in [1.165, 1.54) is 5.56 Å². The van der Waals surface area contributed by atoms with Crippen LogP contribution in [0.3, 0.4) is 0 Å². The summed E-state index contributed by atoms with van der Waals surface area (Å²) in [5, 5.41) is 9.81. The summed E-state index contributed by atoms with van der Waals surface area (Å²) in [4.78, 5) is 24.8. The van der Waals surface area contributed by atoms with Gasteiger partial charge in [0.2, 0.25) is 11.9 Å². The molecule has 0 saturated carbocycles. The number of nitrogens with one attached hydrogen (secondary N) is 1. The van der Waals surface area contributed by atoms with Crippen LogP contribution in [0.1, 0.15) is 11.1 Å². The number of hydrogen-bond acceptors (Lipinski definition) is 6. The first-order valence-corrected chi connectivity index (χ1v) is 11.0. The molecule has 0 bridgehead atoms. The van der Waals surface area contributed by atoms with Crippen LogP contribution < -0.4 is 10.3 Å². The molecule has 33 heavy (non-hydrogen) atoms. The molecular formula is C24H22ClN7O. The molecule has 8 nitrogen and oxygen atoms in total. The van der Waals surface area contributed by atoms with Crippen molar-refractivity contribution in [3.63, 3.8) is 0 Å². The summed E-state index contributed by atoms with van der Waals surface area (Å²) in [5.41, 5.74) is 3.86. The number of para-hydroxylation sites is 1. The number of anilines is 4. The van der Waals surface area contributed by atoms with Crippen molar-refractivity contribution in [2.24, 2.45) is 0 Å². The Morgan fingerprint density at radius 1 is 1.09 bits per heavy atom. The molecule has 0 atom stereocenters. The summed E-state index contributed by atoms with van der Waals surface area (Å²) >= 11 is 6.53. The van der Waals surface area contributed by atoms with Gasteiger partial charge in [0.05, 0.1) is 24.5 Å². The van der Waals surface area contributed by atoms with E-state index in [1.807, 2.05) is 61.8 Å². The number of amides is 1. The maximum absolute atomic E-state index is 12.3. The Hall–Kier alpha value is -3.91.